The largest absolute Gasteiger partial charge is 0.376 e. The quantitative estimate of drug-likeness (QED) is 0.836. The lowest BCUT2D eigenvalue weighted by Crippen LogP contribution is -2.45. The van der Waals surface area contributed by atoms with E-state index in [0.29, 0.717) is 11.6 Å². The van der Waals surface area contributed by atoms with Gasteiger partial charge in [0, 0.05) is 17.9 Å². The van der Waals surface area contributed by atoms with Gasteiger partial charge in [0.15, 0.2) is 5.17 Å². The number of thioether (sulfide) groups is 1. The van der Waals surface area contributed by atoms with E-state index in [2.05, 4.69) is 5.32 Å². The summed E-state index contributed by atoms with van der Waals surface area (Å²) in [5, 5.41) is 4.88. The van der Waals surface area contributed by atoms with Crippen LogP contribution in [0.25, 0.3) is 0 Å². The van der Waals surface area contributed by atoms with Crippen molar-refractivity contribution in [3.63, 3.8) is 0 Å². The summed E-state index contributed by atoms with van der Waals surface area (Å²) in [6.45, 7) is 1.78. The van der Waals surface area contributed by atoms with Crippen LogP contribution in [0.15, 0.2) is 4.99 Å². The first-order valence-electron chi connectivity index (χ1n) is 7.43. The molecule has 0 bridgehead atoms. The van der Waals surface area contributed by atoms with Gasteiger partial charge in [-0.15, -0.1) is 0 Å². The van der Waals surface area contributed by atoms with Gasteiger partial charge in [0.2, 0.25) is 0 Å². The number of aliphatic imine (C=N–C) groups is 1. The highest BCUT2D eigenvalue weighted by molar-refractivity contribution is 8.14. The lowest BCUT2D eigenvalue weighted by atomic mass is 9.83. The van der Waals surface area contributed by atoms with Gasteiger partial charge in [-0.05, 0) is 32.1 Å². The molecule has 102 valence electrons. The molecule has 18 heavy (non-hydrogen) atoms. The average molecular weight is 268 g/mol. The third kappa shape index (κ3) is 3.02. The van der Waals surface area contributed by atoms with Crippen LogP contribution in [-0.4, -0.2) is 35.7 Å². The Morgan fingerprint density at radius 3 is 2.89 bits per heavy atom. The molecule has 1 saturated carbocycles. The zero-order valence-electron chi connectivity index (χ0n) is 11.1. The molecule has 0 aromatic rings. The standard InChI is InChI=1S/C14H24N2OS/c1-3-7-14(8-4-1)11-18-13(16-14)15-10-12-6-2-5-9-17-12/h12H,1-11H2,(H,15,16). The van der Waals surface area contributed by atoms with E-state index in [9.17, 15) is 0 Å². The molecule has 2 aliphatic heterocycles. The Kier molecular flexibility index (Phi) is 4.14. The Morgan fingerprint density at radius 1 is 1.22 bits per heavy atom. The maximum Gasteiger partial charge on any atom is 0.157 e. The number of nitrogens with zero attached hydrogens (tertiary/aromatic N) is 1. The maximum absolute atomic E-state index is 5.73. The second-order valence-electron chi connectivity index (χ2n) is 5.89. The van der Waals surface area contributed by atoms with Crippen molar-refractivity contribution in [1.82, 2.24) is 5.32 Å². The van der Waals surface area contributed by atoms with Crippen LogP contribution in [0.4, 0.5) is 0 Å². The van der Waals surface area contributed by atoms with Crippen LogP contribution in [-0.2, 0) is 4.74 Å². The summed E-state index contributed by atoms with van der Waals surface area (Å²) in [5.41, 5.74) is 0.384. The molecule has 1 spiro atoms. The van der Waals surface area contributed by atoms with E-state index in [0.717, 1.165) is 13.2 Å². The van der Waals surface area contributed by atoms with Crippen LogP contribution < -0.4 is 5.32 Å². The molecule has 3 fully saturated rings. The molecule has 2 saturated heterocycles. The van der Waals surface area contributed by atoms with Crippen molar-refractivity contribution in [1.29, 1.82) is 0 Å². The molecule has 3 rings (SSSR count). The van der Waals surface area contributed by atoms with Gasteiger partial charge in [-0.1, -0.05) is 31.0 Å². The molecule has 3 aliphatic rings. The molecule has 1 aliphatic carbocycles. The second-order valence-corrected chi connectivity index (χ2v) is 6.85. The first kappa shape index (κ1) is 12.8. The van der Waals surface area contributed by atoms with E-state index < -0.39 is 0 Å². The van der Waals surface area contributed by atoms with Gasteiger partial charge in [0.1, 0.15) is 0 Å². The molecular formula is C14H24N2OS. The topological polar surface area (TPSA) is 33.6 Å². The first-order chi connectivity index (χ1) is 8.86. The molecule has 1 atom stereocenters. The highest BCUT2D eigenvalue weighted by Gasteiger charge is 2.38. The summed E-state index contributed by atoms with van der Waals surface area (Å²) in [5.74, 6) is 1.22. The zero-order chi connectivity index (χ0) is 12.3. The molecule has 4 heteroatoms. The van der Waals surface area contributed by atoms with E-state index >= 15 is 0 Å². The molecule has 2 heterocycles. The van der Waals surface area contributed by atoms with Gasteiger partial charge in [0.25, 0.3) is 0 Å². The summed E-state index contributed by atoms with van der Waals surface area (Å²) < 4.78 is 5.73. The van der Waals surface area contributed by atoms with Gasteiger partial charge in [0.05, 0.1) is 12.6 Å². The van der Waals surface area contributed by atoms with Crippen LogP contribution >= 0.6 is 11.8 Å². The fourth-order valence-corrected chi connectivity index (χ4v) is 4.45. The van der Waals surface area contributed by atoms with Crippen molar-refractivity contribution in [2.75, 3.05) is 18.9 Å². The molecule has 0 aromatic carbocycles. The minimum absolute atomic E-state index is 0.372. The monoisotopic (exact) mass is 268 g/mol. The molecule has 1 unspecified atom stereocenters. The fraction of sp³-hybridized carbons (Fsp3) is 0.929. The minimum atomic E-state index is 0.372. The predicted octanol–water partition coefficient (Wildman–Crippen LogP) is 2.95. The molecule has 3 nitrogen and oxygen atoms in total. The highest BCUT2D eigenvalue weighted by Crippen LogP contribution is 2.36. The SMILES string of the molecule is C1CCC2(CC1)CSC(=NCC1CCCCO1)N2. The Bertz CT molecular complexity index is 307. The average Bonchev–Trinajstić information content (AvgIpc) is 2.82. The fourth-order valence-electron chi connectivity index (χ4n) is 3.22. The van der Waals surface area contributed by atoms with E-state index in [1.54, 1.807) is 0 Å². The summed E-state index contributed by atoms with van der Waals surface area (Å²) in [4.78, 5) is 4.74. The third-order valence-electron chi connectivity index (χ3n) is 4.38. The van der Waals surface area contributed by atoms with E-state index in [1.807, 2.05) is 11.8 Å². The zero-order valence-corrected chi connectivity index (χ0v) is 11.9. The highest BCUT2D eigenvalue weighted by atomic mass is 32.2. The number of ether oxygens (including phenoxy) is 1. The third-order valence-corrected chi connectivity index (χ3v) is 5.58. The van der Waals surface area contributed by atoms with Crippen LogP contribution in [0, 0.1) is 0 Å². The minimum Gasteiger partial charge on any atom is -0.376 e. The van der Waals surface area contributed by atoms with Gasteiger partial charge < -0.3 is 10.1 Å². The van der Waals surface area contributed by atoms with Crippen molar-refractivity contribution in [2.45, 2.75) is 63.0 Å². The Morgan fingerprint density at radius 2 is 2.11 bits per heavy atom. The van der Waals surface area contributed by atoms with Gasteiger partial charge in [-0.3, -0.25) is 4.99 Å². The summed E-state index contributed by atoms with van der Waals surface area (Å²) in [7, 11) is 0. The van der Waals surface area contributed by atoms with Crippen molar-refractivity contribution in [3.05, 3.63) is 0 Å². The molecular weight excluding hydrogens is 244 g/mol. The normalized spacial score (nSPS) is 33.8. The summed E-state index contributed by atoms with van der Waals surface area (Å²) in [6, 6.07) is 0. The van der Waals surface area contributed by atoms with Crippen molar-refractivity contribution < 1.29 is 4.74 Å². The van der Waals surface area contributed by atoms with E-state index in [1.165, 1.54) is 62.3 Å². The van der Waals surface area contributed by atoms with Crippen LogP contribution in [0.5, 0.6) is 0 Å². The number of hydrogen-bond acceptors (Lipinski definition) is 3. The van der Waals surface area contributed by atoms with Crippen molar-refractivity contribution >= 4 is 16.9 Å². The molecule has 0 aromatic heterocycles. The van der Waals surface area contributed by atoms with Gasteiger partial charge in [-0.25, -0.2) is 0 Å². The molecule has 1 N–H and O–H groups in total. The number of amidine groups is 1. The van der Waals surface area contributed by atoms with Crippen LogP contribution in [0.3, 0.4) is 0 Å². The Labute approximate surface area is 114 Å². The maximum atomic E-state index is 5.73. The number of rotatable bonds is 2. The smallest absolute Gasteiger partial charge is 0.157 e. The van der Waals surface area contributed by atoms with Gasteiger partial charge in [-0.2, -0.15) is 0 Å². The van der Waals surface area contributed by atoms with Crippen LogP contribution in [0.2, 0.25) is 0 Å². The van der Waals surface area contributed by atoms with Crippen molar-refractivity contribution in [3.8, 4) is 0 Å². The molecule has 0 amide bonds. The van der Waals surface area contributed by atoms with E-state index in [-0.39, 0.29) is 0 Å². The first-order valence-corrected chi connectivity index (χ1v) is 8.42. The van der Waals surface area contributed by atoms with Crippen LogP contribution in [0.1, 0.15) is 51.4 Å². The van der Waals surface area contributed by atoms with Crippen molar-refractivity contribution in [2.24, 2.45) is 4.99 Å². The number of nitrogens with one attached hydrogen (secondary N) is 1. The Balaban J connectivity index is 1.51. The number of hydrogen-bond donors (Lipinski definition) is 1. The molecule has 0 radical (unpaired) electrons. The van der Waals surface area contributed by atoms with Gasteiger partial charge >= 0.3 is 0 Å². The second kappa shape index (κ2) is 5.83. The summed E-state index contributed by atoms with van der Waals surface area (Å²) >= 11 is 1.92. The summed E-state index contributed by atoms with van der Waals surface area (Å²) in [6.07, 6.45) is 10.9. The predicted molar refractivity (Wildman–Crippen MR) is 77.3 cm³/mol. The Hall–Kier alpha value is -0.220. The van der Waals surface area contributed by atoms with E-state index in [4.69, 9.17) is 9.73 Å². The lowest BCUT2D eigenvalue weighted by molar-refractivity contribution is 0.0225. The lowest BCUT2D eigenvalue weighted by Gasteiger charge is -2.32.